The molecule has 8 nitrogen and oxygen atoms in total. The van der Waals surface area contributed by atoms with E-state index in [9.17, 15) is 4.21 Å². The van der Waals surface area contributed by atoms with E-state index >= 15 is 0 Å². The van der Waals surface area contributed by atoms with Crippen molar-refractivity contribution in [3.63, 3.8) is 0 Å². The first-order valence-electron chi connectivity index (χ1n) is 11.5. The largest absolute Gasteiger partial charge is 0.377 e. The van der Waals surface area contributed by atoms with Crippen LogP contribution in [-0.2, 0) is 24.6 Å². The third-order valence-corrected chi connectivity index (χ3v) is 8.94. The van der Waals surface area contributed by atoms with E-state index in [0.29, 0.717) is 37.6 Å². The average molecular weight is 469 g/mol. The van der Waals surface area contributed by atoms with Crippen molar-refractivity contribution in [2.45, 2.75) is 56.7 Å². The topological polar surface area (TPSA) is 108 Å². The van der Waals surface area contributed by atoms with E-state index in [1.165, 1.54) is 6.26 Å². The molecule has 4 heterocycles. The lowest BCUT2D eigenvalue weighted by atomic mass is 9.90. The van der Waals surface area contributed by atoms with Gasteiger partial charge in [-0.05, 0) is 31.9 Å². The van der Waals surface area contributed by atoms with Crippen LogP contribution in [0.5, 0.6) is 0 Å². The summed E-state index contributed by atoms with van der Waals surface area (Å²) in [5.74, 6) is 1.40. The van der Waals surface area contributed by atoms with Crippen LogP contribution in [0.4, 0.5) is 5.82 Å². The summed E-state index contributed by atoms with van der Waals surface area (Å²) >= 11 is 0. The molecule has 1 saturated heterocycles. The molecule has 3 aromatic heterocycles. The van der Waals surface area contributed by atoms with Gasteiger partial charge in [0.2, 0.25) is 0 Å². The lowest BCUT2D eigenvalue weighted by Crippen LogP contribution is -2.44. The van der Waals surface area contributed by atoms with Crippen molar-refractivity contribution < 1.29 is 8.95 Å². The van der Waals surface area contributed by atoms with Gasteiger partial charge < -0.3 is 14.6 Å². The molecule has 1 aliphatic carbocycles. The zero-order chi connectivity index (χ0) is 23.6. The standard InChI is InChI=1S/C24H32N6O2S/c1-15-14-32-11-10-30(15)20-13-19(24(7-8-24)33(5,25)31)28-22(29-20)17-12-18(23(2,3)4)27-21-16(17)6-9-26-21/h6,9,12-13,15,25H,7-8,10-11,14H2,1-5H3,(H,26,27)/t15-,33?/m1/s1. The first kappa shape index (κ1) is 22.3. The zero-order valence-corrected chi connectivity index (χ0v) is 20.8. The SMILES string of the molecule is C[C@@H]1COCCN1c1cc(C2(S(C)(=N)=O)CC2)nc(-c2cc(C(C)(C)C)nc3[nH]ccc23)n1. The van der Waals surface area contributed by atoms with E-state index in [2.05, 4.69) is 43.6 Å². The van der Waals surface area contributed by atoms with Gasteiger partial charge in [0.25, 0.3) is 0 Å². The quantitative estimate of drug-likeness (QED) is 0.594. The molecule has 1 unspecified atom stereocenters. The molecule has 0 amide bonds. The summed E-state index contributed by atoms with van der Waals surface area (Å²) in [6, 6.07) is 6.19. The van der Waals surface area contributed by atoms with Crippen LogP contribution in [0.3, 0.4) is 0 Å². The number of aromatic amines is 1. The third-order valence-electron chi connectivity index (χ3n) is 6.83. The highest BCUT2D eigenvalue weighted by Gasteiger charge is 2.53. The summed E-state index contributed by atoms with van der Waals surface area (Å²) in [5, 5.41) is 0.953. The van der Waals surface area contributed by atoms with Crippen molar-refractivity contribution in [3.8, 4) is 11.4 Å². The number of anilines is 1. The lowest BCUT2D eigenvalue weighted by Gasteiger charge is -2.35. The number of hydrogen-bond acceptors (Lipinski definition) is 7. The summed E-state index contributed by atoms with van der Waals surface area (Å²) in [4.78, 5) is 20.3. The highest BCUT2D eigenvalue weighted by Crippen LogP contribution is 2.52. The van der Waals surface area contributed by atoms with Crippen LogP contribution in [0.15, 0.2) is 24.4 Å². The fourth-order valence-corrected chi connectivity index (χ4v) is 5.95. The molecule has 5 rings (SSSR count). The van der Waals surface area contributed by atoms with Gasteiger partial charge in [0.1, 0.15) is 11.5 Å². The predicted octanol–water partition coefficient (Wildman–Crippen LogP) is 4.21. The van der Waals surface area contributed by atoms with E-state index in [1.54, 1.807) is 0 Å². The Kier molecular flexibility index (Phi) is 5.06. The Morgan fingerprint density at radius 2 is 2.00 bits per heavy atom. The number of nitrogens with zero attached hydrogens (tertiary/aromatic N) is 4. The van der Waals surface area contributed by atoms with Crippen molar-refractivity contribution >= 4 is 26.6 Å². The molecule has 1 aliphatic heterocycles. The Balaban J connectivity index is 1.75. The fourth-order valence-electron chi connectivity index (χ4n) is 4.57. The van der Waals surface area contributed by atoms with Crippen LogP contribution in [0.25, 0.3) is 22.4 Å². The molecule has 0 bridgehead atoms. The van der Waals surface area contributed by atoms with Crippen LogP contribution in [-0.4, -0.2) is 56.2 Å². The smallest absolute Gasteiger partial charge is 0.162 e. The van der Waals surface area contributed by atoms with Crippen molar-refractivity contribution in [1.29, 1.82) is 4.78 Å². The Bertz CT molecular complexity index is 1320. The van der Waals surface area contributed by atoms with E-state index in [0.717, 1.165) is 34.7 Å². The van der Waals surface area contributed by atoms with Crippen molar-refractivity contribution in [2.75, 3.05) is 30.9 Å². The number of aromatic nitrogens is 4. The third kappa shape index (κ3) is 3.81. The summed E-state index contributed by atoms with van der Waals surface area (Å²) in [6.07, 6.45) is 4.84. The predicted molar refractivity (Wildman–Crippen MR) is 131 cm³/mol. The van der Waals surface area contributed by atoms with Crippen LogP contribution < -0.4 is 4.90 Å². The van der Waals surface area contributed by atoms with Crippen molar-refractivity contribution in [1.82, 2.24) is 19.9 Å². The van der Waals surface area contributed by atoms with Gasteiger partial charge >= 0.3 is 0 Å². The van der Waals surface area contributed by atoms with Crippen LogP contribution in [0.1, 0.15) is 51.9 Å². The minimum Gasteiger partial charge on any atom is -0.377 e. The molecule has 0 aromatic carbocycles. The fraction of sp³-hybridized carbons (Fsp3) is 0.542. The molecule has 0 spiro atoms. The van der Waals surface area contributed by atoms with Gasteiger partial charge in [-0.1, -0.05) is 20.8 Å². The van der Waals surface area contributed by atoms with Gasteiger partial charge in [-0.25, -0.2) is 19.2 Å². The molecule has 1 saturated carbocycles. The molecule has 2 fully saturated rings. The second-order valence-electron chi connectivity index (χ2n) is 10.4. The number of hydrogen-bond donors (Lipinski definition) is 2. The Morgan fingerprint density at radius 1 is 1.24 bits per heavy atom. The van der Waals surface area contributed by atoms with Gasteiger partial charge in [0.05, 0.1) is 39.4 Å². The molecule has 176 valence electrons. The lowest BCUT2D eigenvalue weighted by molar-refractivity contribution is 0.0985. The number of nitrogens with one attached hydrogen (secondary N) is 2. The van der Waals surface area contributed by atoms with E-state index < -0.39 is 14.5 Å². The summed E-state index contributed by atoms with van der Waals surface area (Å²) in [5.41, 5.74) is 3.21. The van der Waals surface area contributed by atoms with Gasteiger partial charge in [-0.3, -0.25) is 4.78 Å². The minimum atomic E-state index is -2.82. The Labute approximate surface area is 195 Å². The molecule has 2 aliphatic rings. The highest BCUT2D eigenvalue weighted by atomic mass is 32.2. The summed E-state index contributed by atoms with van der Waals surface area (Å²) < 4.78 is 26.3. The maximum Gasteiger partial charge on any atom is 0.162 e. The average Bonchev–Trinajstić information content (AvgIpc) is 3.44. The van der Waals surface area contributed by atoms with Gasteiger partial charge in [0, 0.05) is 47.1 Å². The molecule has 9 heteroatoms. The number of ether oxygens (including phenoxy) is 1. The summed E-state index contributed by atoms with van der Waals surface area (Å²) in [7, 11) is -2.82. The molecule has 2 N–H and O–H groups in total. The van der Waals surface area contributed by atoms with Gasteiger partial charge in [-0.2, -0.15) is 0 Å². The van der Waals surface area contributed by atoms with Crippen LogP contribution >= 0.6 is 0 Å². The first-order chi connectivity index (χ1) is 15.5. The van der Waals surface area contributed by atoms with E-state index in [1.807, 2.05) is 18.3 Å². The minimum absolute atomic E-state index is 0.149. The van der Waals surface area contributed by atoms with E-state index in [4.69, 9.17) is 24.5 Å². The number of fused-ring (bicyclic) bond motifs is 1. The first-order valence-corrected chi connectivity index (χ1v) is 13.4. The molecular weight excluding hydrogens is 436 g/mol. The Morgan fingerprint density at radius 3 is 2.64 bits per heavy atom. The van der Waals surface area contributed by atoms with E-state index in [-0.39, 0.29) is 11.5 Å². The summed E-state index contributed by atoms with van der Waals surface area (Å²) in [6.45, 7) is 10.5. The maximum atomic E-state index is 13.0. The normalized spacial score (nSPS) is 22.3. The molecule has 3 aromatic rings. The number of pyridine rings is 1. The van der Waals surface area contributed by atoms with Gasteiger partial charge in [0.15, 0.2) is 5.82 Å². The number of rotatable bonds is 4. The highest BCUT2D eigenvalue weighted by molar-refractivity contribution is 7.92. The maximum absolute atomic E-state index is 13.0. The second kappa shape index (κ2) is 7.50. The number of H-pyrrole nitrogens is 1. The van der Waals surface area contributed by atoms with Crippen LogP contribution in [0, 0.1) is 4.78 Å². The molecular formula is C24H32N6O2S. The van der Waals surface area contributed by atoms with Gasteiger partial charge in [-0.15, -0.1) is 0 Å². The monoisotopic (exact) mass is 468 g/mol. The second-order valence-corrected chi connectivity index (χ2v) is 12.9. The molecule has 0 radical (unpaired) electrons. The Hall–Kier alpha value is -2.52. The van der Waals surface area contributed by atoms with Crippen molar-refractivity contribution in [3.05, 3.63) is 35.8 Å². The number of morpholine rings is 1. The van der Waals surface area contributed by atoms with Crippen LogP contribution in [0.2, 0.25) is 0 Å². The zero-order valence-electron chi connectivity index (χ0n) is 19.9. The molecule has 2 atom stereocenters. The van der Waals surface area contributed by atoms with Crippen molar-refractivity contribution in [2.24, 2.45) is 0 Å². The molecule has 33 heavy (non-hydrogen) atoms.